The van der Waals surface area contributed by atoms with Crippen LogP contribution in [0.15, 0.2) is 48.5 Å². The molecule has 0 fully saturated rings. The lowest BCUT2D eigenvalue weighted by Crippen LogP contribution is -2.01. The van der Waals surface area contributed by atoms with E-state index < -0.39 is 5.97 Å². The lowest BCUT2D eigenvalue weighted by molar-refractivity contribution is -0.133. The van der Waals surface area contributed by atoms with E-state index in [1.807, 2.05) is 12.1 Å². The van der Waals surface area contributed by atoms with Gasteiger partial charge in [0.15, 0.2) is 5.78 Å². The molecule has 130 valence electrons. The van der Waals surface area contributed by atoms with Crippen LogP contribution < -0.4 is 4.74 Å². The maximum absolute atomic E-state index is 12.4. The van der Waals surface area contributed by atoms with Gasteiger partial charge in [0.25, 0.3) is 0 Å². The number of benzene rings is 2. The molecule has 2 rings (SSSR count). The number of carbonyl (C=O) groups excluding carboxylic acids is 1. The third-order valence-electron chi connectivity index (χ3n) is 3.32. The topological polar surface area (TPSA) is 63.6 Å². The number of halogens is 1. The average Bonchev–Trinajstić information content (AvgIpc) is 2.59. The number of hydrogen-bond donors (Lipinski definition) is 1. The predicted octanol–water partition coefficient (Wildman–Crippen LogP) is 4.56. The molecule has 0 saturated heterocycles. The van der Waals surface area contributed by atoms with Crippen LogP contribution in [0.4, 0.5) is 0 Å². The van der Waals surface area contributed by atoms with Crippen LogP contribution in [-0.2, 0) is 10.5 Å². The first-order valence-corrected chi connectivity index (χ1v) is 8.97. The number of methoxy groups -OCH3 is 1. The van der Waals surface area contributed by atoms with E-state index in [2.05, 4.69) is 0 Å². The lowest BCUT2D eigenvalue weighted by Gasteiger charge is -2.09. The zero-order valence-corrected chi connectivity index (χ0v) is 15.1. The van der Waals surface area contributed by atoms with Crippen molar-refractivity contribution in [2.24, 2.45) is 0 Å². The SMILES string of the molecule is COc1ccc(C(=O)/C=C/c2cccc(Cl)c2)cc1CSCC(=O)O. The molecule has 2 aromatic rings. The molecule has 0 aliphatic carbocycles. The number of aliphatic carboxylic acids is 1. The summed E-state index contributed by atoms with van der Waals surface area (Å²) in [6, 6.07) is 12.4. The molecule has 0 aromatic heterocycles. The van der Waals surface area contributed by atoms with Gasteiger partial charge in [-0.2, -0.15) is 0 Å². The monoisotopic (exact) mass is 376 g/mol. The largest absolute Gasteiger partial charge is 0.496 e. The molecule has 2 aromatic carbocycles. The van der Waals surface area contributed by atoms with E-state index in [0.29, 0.717) is 22.1 Å². The summed E-state index contributed by atoms with van der Waals surface area (Å²) in [6.07, 6.45) is 3.19. The Labute approximate surface area is 155 Å². The average molecular weight is 377 g/mol. The fourth-order valence-corrected chi connectivity index (χ4v) is 3.09. The highest BCUT2D eigenvalue weighted by Gasteiger charge is 2.09. The van der Waals surface area contributed by atoms with Crippen LogP contribution in [-0.4, -0.2) is 29.7 Å². The summed E-state index contributed by atoms with van der Waals surface area (Å²) in [6.45, 7) is 0. The Balaban J connectivity index is 2.14. The van der Waals surface area contributed by atoms with Crippen molar-refractivity contribution in [3.8, 4) is 5.75 Å². The Morgan fingerprint density at radius 1 is 1.24 bits per heavy atom. The van der Waals surface area contributed by atoms with Gasteiger partial charge < -0.3 is 9.84 Å². The van der Waals surface area contributed by atoms with E-state index in [1.165, 1.54) is 17.8 Å². The summed E-state index contributed by atoms with van der Waals surface area (Å²) in [5.41, 5.74) is 2.15. The number of rotatable bonds is 8. The highest BCUT2D eigenvalue weighted by molar-refractivity contribution is 7.99. The molecule has 6 heteroatoms. The molecule has 0 unspecified atom stereocenters. The number of hydrogen-bond acceptors (Lipinski definition) is 4. The number of thioether (sulfide) groups is 1. The van der Waals surface area contributed by atoms with E-state index in [9.17, 15) is 9.59 Å². The minimum Gasteiger partial charge on any atom is -0.496 e. The summed E-state index contributed by atoms with van der Waals surface area (Å²) in [5.74, 6) is 0.0611. The van der Waals surface area contributed by atoms with Gasteiger partial charge in [0.1, 0.15) is 5.75 Å². The predicted molar refractivity (Wildman–Crippen MR) is 102 cm³/mol. The van der Waals surface area contributed by atoms with Crippen LogP contribution in [0.5, 0.6) is 5.75 Å². The number of ether oxygens (including phenoxy) is 1. The summed E-state index contributed by atoms with van der Waals surface area (Å²) in [7, 11) is 1.54. The number of carboxylic acids is 1. The van der Waals surface area contributed by atoms with Crippen LogP contribution in [0, 0.1) is 0 Å². The smallest absolute Gasteiger partial charge is 0.313 e. The molecule has 0 spiro atoms. The molecule has 0 bridgehead atoms. The highest BCUT2D eigenvalue weighted by Crippen LogP contribution is 2.25. The van der Waals surface area contributed by atoms with Crippen molar-refractivity contribution in [2.75, 3.05) is 12.9 Å². The Hall–Kier alpha value is -2.24. The Morgan fingerprint density at radius 2 is 2.04 bits per heavy atom. The minimum atomic E-state index is -0.874. The molecule has 0 saturated carbocycles. The normalized spacial score (nSPS) is 10.8. The van der Waals surface area contributed by atoms with Crippen molar-refractivity contribution >= 4 is 41.2 Å². The molecule has 0 aliphatic heterocycles. The Bertz CT molecular complexity index is 802. The summed E-state index contributed by atoms with van der Waals surface area (Å²) >= 11 is 7.18. The van der Waals surface area contributed by atoms with Crippen molar-refractivity contribution in [1.29, 1.82) is 0 Å². The minimum absolute atomic E-state index is 0.00397. The molecule has 0 aliphatic rings. The lowest BCUT2D eigenvalue weighted by atomic mass is 10.1. The van der Waals surface area contributed by atoms with E-state index in [0.717, 1.165) is 11.1 Å². The second-order valence-corrected chi connectivity index (χ2v) is 6.59. The molecule has 0 atom stereocenters. The van der Waals surface area contributed by atoms with Crippen molar-refractivity contribution in [3.05, 3.63) is 70.3 Å². The molecule has 0 amide bonds. The van der Waals surface area contributed by atoms with Gasteiger partial charge in [0, 0.05) is 21.9 Å². The highest BCUT2D eigenvalue weighted by atomic mass is 35.5. The van der Waals surface area contributed by atoms with E-state index in [4.69, 9.17) is 21.4 Å². The van der Waals surface area contributed by atoms with Crippen LogP contribution in [0.2, 0.25) is 5.02 Å². The van der Waals surface area contributed by atoms with Gasteiger partial charge in [-0.3, -0.25) is 9.59 Å². The van der Waals surface area contributed by atoms with Crippen LogP contribution in [0.1, 0.15) is 21.5 Å². The van der Waals surface area contributed by atoms with Gasteiger partial charge in [0.2, 0.25) is 0 Å². The van der Waals surface area contributed by atoms with Crippen molar-refractivity contribution in [3.63, 3.8) is 0 Å². The van der Waals surface area contributed by atoms with Gasteiger partial charge in [-0.25, -0.2) is 0 Å². The molecule has 25 heavy (non-hydrogen) atoms. The number of allylic oxidation sites excluding steroid dienone is 1. The van der Waals surface area contributed by atoms with Gasteiger partial charge in [-0.1, -0.05) is 29.8 Å². The third-order valence-corrected chi connectivity index (χ3v) is 4.53. The Kier molecular flexibility index (Phi) is 7.10. The molecule has 4 nitrogen and oxygen atoms in total. The van der Waals surface area contributed by atoms with E-state index in [1.54, 1.807) is 43.5 Å². The molecule has 1 N–H and O–H groups in total. The molecular weight excluding hydrogens is 360 g/mol. The van der Waals surface area contributed by atoms with Gasteiger partial charge in [0.05, 0.1) is 12.9 Å². The Morgan fingerprint density at radius 3 is 2.72 bits per heavy atom. The van der Waals surface area contributed by atoms with Crippen LogP contribution in [0.3, 0.4) is 0 Å². The number of ketones is 1. The second-order valence-electron chi connectivity index (χ2n) is 5.17. The van der Waals surface area contributed by atoms with Gasteiger partial charge in [-0.05, 0) is 42.0 Å². The first kappa shape index (κ1) is 19.1. The maximum Gasteiger partial charge on any atom is 0.313 e. The first-order valence-electron chi connectivity index (χ1n) is 7.44. The van der Waals surface area contributed by atoms with Crippen molar-refractivity contribution < 1.29 is 19.4 Å². The summed E-state index contributed by atoms with van der Waals surface area (Å²) in [5, 5.41) is 9.34. The van der Waals surface area contributed by atoms with Crippen molar-refractivity contribution in [1.82, 2.24) is 0 Å². The summed E-state index contributed by atoms with van der Waals surface area (Å²) in [4.78, 5) is 23.0. The fraction of sp³-hybridized carbons (Fsp3) is 0.158. The van der Waals surface area contributed by atoms with Gasteiger partial charge >= 0.3 is 5.97 Å². The third kappa shape index (κ3) is 5.96. The van der Waals surface area contributed by atoms with E-state index in [-0.39, 0.29) is 11.5 Å². The quantitative estimate of drug-likeness (QED) is 0.540. The first-order chi connectivity index (χ1) is 12.0. The second kappa shape index (κ2) is 9.30. The molecular formula is C19H17ClO4S. The number of carbonyl (C=O) groups is 2. The van der Waals surface area contributed by atoms with Crippen LogP contribution >= 0.6 is 23.4 Å². The summed E-state index contributed by atoms with van der Waals surface area (Å²) < 4.78 is 5.28. The van der Waals surface area contributed by atoms with Crippen LogP contribution in [0.25, 0.3) is 6.08 Å². The fourth-order valence-electron chi connectivity index (χ4n) is 2.17. The zero-order chi connectivity index (χ0) is 18.2. The van der Waals surface area contributed by atoms with E-state index >= 15 is 0 Å². The maximum atomic E-state index is 12.4. The number of carboxylic acid groups (broad SMARTS) is 1. The standard InChI is InChI=1S/C19H17ClO4S/c1-24-18-8-6-14(10-15(18)11-25-12-19(22)23)17(21)7-5-13-3-2-4-16(20)9-13/h2-10H,11-12H2,1H3,(H,22,23)/b7-5+. The molecule has 0 heterocycles. The molecule has 0 radical (unpaired) electrons. The van der Waals surface area contributed by atoms with Gasteiger partial charge in [-0.15, -0.1) is 11.8 Å². The van der Waals surface area contributed by atoms with Crippen molar-refractivity contribution in [2.45, 2.75) is 5.75 Å². The zero-order valence-electron chi connectivity index (χ0n) is 13.6.